The number of methoxy groups -OCH3 is 1. The Kier molecular flexibility index (Phi) is 4.14. The average Bonchev–Trinajstić information content (AvgIpc) is 2.66. The average molecular weight is 337 g/mol. The first-order valence-electron chi connectivity index (χ1n) is 8.65. The van der Waals surface area contributed by atoms with E-state index >= 15 is 0 Å². The molecule has 0 saturated heterocycles. The highest BCUT2D eigenvalue weighted by Gasteiger charge is 2.21. The third-order valence-corrected chi connectivity index (χ3v) is 4.85. The van der Waals surface area contributed by atoms with Crippen LogP contribution >= 0.6 is 0 Å². The molecule has 2 aromatic rings. The second kappa shape index (κ2) is 6.45. The number of hydrogen-bond donors (Lipinski definition) is 0. The van der Waals surface area contributed by atoms with Crippen molar-refractivity contribution in [2.24, 2.45) is 0 Å². The number of hydrogen-bond acceptors (Lipinski definition) is 4. The number of fused-ring (bicyclic) bond motifs is 2. The minimum Gasteiger partial charge on any atom is -0.497 e. The van der Waals surface area contributed by atoms with Gasteiger partial charge in [0.25, 0.3) is 0 Å². The summed E-state index contributed by atoms with van der Waals surface area (Å²) >= 11 is 0. The second-order valence-corrected chi connectivity index (χ2v) is 6.80. The molecule has 2 aliphatic heterocycles. The zero-order valence-electron chi connectivity index (χ0n) is 14.9. The predicted molar refractivity (Wildman–Crippen MR) is 99.0 cm³/mol. The number of benzene rings is 2. The van der Waals surface area contributed by atoms with Crippen LogP contribution in [0.3, 0.4) is 0 Å². The van der Waals surface area contributed by atoms with Crippen LogP contribution in [0.1, 0.15) is 30.5 Å². The second-order valence-electron chi connectivity index (χ2n) is 6.80. The molecule has 0 aliphatic carbocycles. The Morgan fingerprint density at radius 1 is 1.04 bits per heavy atom. The highest BCUT2D eigenvalue weighted by molar-refractivity contribution is 5.86. The lowest BCUT2D eigenvalue weighted by atomic mass is 9.98. The van der Waals surface area contributed by atoms with Crippen molar-refractivity contribution in [2.45, 2.75) is 26.4 Å². The Labute approximate surface area is 148 Å². The van der Waals surface area contributed by atoms with Gasteiger partial charge in [0.15, 0.2) is 0 Å². The van der Waals surface area contributed by atoms with Crippen molar-refractivity contribution < 1.29 is 14.2 Å². The van der Waals surface area contributed by atoms with E-state index in [9.17, 15) is 0 Å². The van der Waals surface area contributed by atoms with E-state index < -0.39 is 0 Å². The fourth-order valence-electron chi connectivity index (χ4n) is 3.23. The van der Waals surface area contributed by atoms with Crippen molar-refractivity contribution in [3.05, 3.63) is 53.1 Å². The molecule has 0 spiro atoms. The van der Waals surface area contributed by atoms with Gasteiger partial charge in [-0.15, -0.1) is 0 Å². The molecular formula is C21H23NO3. The van der Waals surface area contributed by atoms with Gasteiger partial charge < -0.3 is 14.2 Å². The largest absolute Gasteiger partial charge is 0.497 e. The molecule has 0 atom stereocenters. The fourth-order valence-corrected chi connectivity index (χ4v) is 3.23. The summed E-state index contributed by atoms with van der Waals surface area (Å²) in [5.74, 6) is 2.67. The first-order chi connectivity index (χ1) is 12.1. The van der Waals surface area contributed by atoms with Crippen molar-refractivity contribution in [3.8, 4) is 17.2 Å². The van der Waals surface area contributed by atoms with E-state index in [4.69, 9.17) is 14.2 Å². The summed E-state index contributed by atoms with van der Waals surface area (Å²) in [6.07, 6.45) is 2.20. The minimum atomic E-state index is 0.468. The first kappa shape index (κ1) is 16.0. The summed E-state index contributed by atoms with van der Waals surface area (Å²) in [7, 11) is 1.67. The van der Waals surface area contributed by atoms with Crippen LogP contribution in [0.2, 0.25) is 0 Å². The monoisotopic (exact) mass is 337 g/mol. The van der Waals surface area contributed by atoms with Crippen LogP contribution < -0.4 is 14.2 Å². The molecule has 0 unspecified atom stereocenters. The molecule has 2 heterocycles. The van der Waals surface area contributed by atoms with E-state index in [1.54, 1.807) is 7.11 Å². The Balaban J connectivity index is 1.64. The van der Waals surface area contributed by atoms with Crippen molar-refractivity contribution >= 4 is 11.6 Å². The van der Waals surface area contributed by atoms with Gasteiger partial charge in [0.05, 0.1) is 7.11 Å². The quantitative estimate of drug-likeness (QED) is 0.840. The maximum atomic E-state index is 5.95. The van der Waals surface area contributed by atoms with E-state index in [1.807, 2.05) is 18.2 Å². The van der Waals surface area contributed by atoms with Gasteiger partial charge in [0.1, 0.15) is 30.6 Å². The van der Waals surface area contributed by atoms with Crippen molar-refractivity contribution in [1.29, 1.82) is 0 Å². The molecule has 4 heteroatoms. The predicted octanol–water partition coefficient (Wildman–Crippen LogP) is 4.19. The molecule has 4 rings (SSSR count). The molecular weight excluding hydrogens is 314 g/mol. The fraction of sp³-hybridized carbons (Fsp3) is 0.333. The van der Waals surface area contributed by atoms with E-state index in [2.05, 4.69) is 43.0 Å². The Hall–Kier alpha value is -2.46. The molecule has 0 fully saturated rings. The normalized spacial score (nSPS) is 16.4. The highest BCUT2D eigenvalue weighted by Crippen LogP contribution is 2.35. The lowest BCUT2D eigenvalue weighted by Crippen LogP contribution is -2.37. The Morgan fingerprint density at radius 3 is 2.72 bits per heavy atom. The van der Waals surface area contributed by atoms with Crippen molar-refractivity contribution in [3.63, 3.8) is 0 Å². The molecule has 0 saturated carbocycles. The van der Waals surface area contributed by atoms with Crippen LogP contribution in [0, 0.1) is 0 Å². The van der Waals surface area contributed by atoms with Gasteiger partial charge in [-0.3, -0.25) is 4.90 Å². The molecule has 2 aromatic carbocycles. The maximum Gasteiger partial charge on any atom is 0.142 e. The lowest BCUT2D eigenvalue weighted by molar-refractivity contribution is 0.0686. The molecule has 0 N–H and O–H groups in total. The minimum absolute atomic E-state index is 0.468. The molecule has 0 radical (unpaired) electrons. The maximum absolute atomic E-state index is 5.95. The van der Waals surface area contributed by atoms with Crippen LogP contribution in [0.4, 0.5) is 0 Å². The van der Waals surface area contributed by atoms with Crippen molar-refractivity contribution in [2.75, 3.05) is 20.4 Å². The van der Waals surface area contributed by atoms with Gasteiger partial charge in [-0.2, -0.15) is 0 Å². The smallest absolute Gasteiger partial charge is 0.142 e. The molecule has 4 nitrogen and oxygen atoms in total. The molecule has 0 amide bonds. The number of nitrogens with zero attached hydrogens (tertiary/aromatic N) is 1. The van der Waals surface area contributed by atoms with E-state index in [-0.39, 0.29) is 0 Å². The van der Waals surface area contributed by atoms with Gasteiger partial charge in [0.2, 0.25) is 0 Å². The molecule has 0 aromatic heterocycles. The van der Waals surface area contributed by atoms with E-state index in [0.717, 1.165) is 29.4 Å². The molecule has 25 heavy (non-hydrogen) atoms. The summed E-state index contributed by atoms with van der Waals surface area (Å²) < 4.78 is 17.1. The highest BCUT2D eigenvalue weighted by atomic mass is 16.5. The summed E-state index contributed by atoms with van der Waals surface area (Å²) in [6.45, 7) is 6.53. The Morgan fingerprint density at radius 2 is 1.92 bits per heavy atom. The first-order valence-corrected chi connectivity index (χ1v) is 8.65. The third kappa shape index (κ3) is 3.10. The summed E-state index contributed by atoms with van der Waals surface area (Å²) in [5, 5.41) is 0. The summed E-state index contributed by atoms with van der Waals surface area (Å²) in [5.41, 5.74) is 4.69. The van der Waals surface area contributed by atoms with Crippen molar-refractivity contribution in [1.82, 2.24) is 4.90 Å². The summed E-state index contributed by atoms with van der Waals surface area (Å²) in [4.78, 5) is 2.32. The number of rotatable bonds is 3. The van der Waals surface area contributed by atoms with Crippen LogP contribution in [-0.2, 0) is 6.54 Å². The Bertz CT molecular complexity index is 826. The summed E-state index contributed by atoms with van der Waals surface area (Å²) in [6, 6.07) is 12.8. The molecule has 130 valence electrons. The van der Waals surface area contributed by atoms with Crippen LogP contribution in [0.15, 0.2) is 36.4 Å². The lowest BCUT2D eigenvalue weighted by Gasteiger charge is -2.32. The van der Waals surface area contributed by atoms with Gasteiger partial charge in [-0.05, 0) is 55.3 Å². The zero-order chi connectivity index (χ0) is 17.4. The standard InChI is InChI=1S/C21H23NO3/c1-14(2)22-11-17-8-15(5-7-20(17)25-13-22)18-9-16-4-6-19(23-3)10-21(16)24-12-18/h4-10,14H,11-13H2,1-3H3. The van der Waals surface area contributed by atoms with E-state index in [0.29, 0.717) is 19.4 Å². The third-order valence-electron chi connectivity index (χ3n) is 4.85. The molecule has 2 aliphatic rings. The SMILES string of the molecule is COc1ccc2c(c1)OCC(c1ccc3c(c1)CN(C(C)C)CO3)=C2. The van der Waals surface area contributed by atoms with Gasteiger partial charge >= 0.3 is 0 Å². The van der Waals surface area contributed by atoms with Gasteiger partial charge in [0, 0.05) is 29.8 Å². The van der Waals surface area contributed by atoms with Crippen LogP contribution in [-0.4, -0.2) is 31.4 Å². The molecule has 0 bridgehead atoms. The number of ether oxygens (including phenoxy) is 3. The van der Waals surface area contributed by atoms with Gasteiger partial charge in [-0.25, -0.2) is 0 Å². The zero-order valence-corrected chi connectivity index (χ0v) is 14.9. The van der Waals surface area contributed by atoms with Crippen LogP contribution in [0.5, 0.6) is 17.2 Å². The topological polar surface area (TPSA) is 30.9 Å². The van der Waals surface area contributed by atoms with E-state index in [1.165, 1.54) is 16.7 Å². The van der Waals surface area contributed by atoms with Crippen LogP contribution in [0.25, 0.3) is 11.6 Å². The van der Waals surface area contributed by atoms with Gasteiger partial charge in [-0.1, -0.05) is 6.07 Å².